The maximum absolute atomic E-state index is 12.1. The minimum Gasteiger partial charge on any atom is -0.360 e. The zero-order valence-corrected chi connectivity index (χ0v) is 14.1. The van der Waals surface area contributed by atoms with Gasteiger partial charge in [0.1, 0.15) is 0 Å². The highest BCUT2D eigenvalue weighted by molar-refractivity contribution is 5.93. The Labute approximate surface area is 140 Å². The largest absolute Gasteiger partial charge is 0.360 e. The lowest BCUT2D eigenvalue weighted by Gasteiger charge is -2.15. The van der Waals surface area contributed by atoms with Gasteiger partial charge in [-0.2, -0.15) is 5.10 Å². The Morgan fingerprint density at radius 3 is 2.92 bits per heavy atom. The summed E-state index contributed by atoms with van der Waals surface area (Å²) in [4.78, 5) is 17.9. The molecule has 4 heterocycles. The average molecular weight is 330 g/mol. The molecule has 24 heavy (non-hydrogen) atoms. The lowest BCUT2D eigenvalue weighted by atomic mass is 10.3. The lowest BCUT2D eigenvalue weighted by Crippen LogP contribution is -2.28. The van der Waals surface area contributed by atoms with Gasteiger partial charge in [0.2, 0.25) is 0 Å². The molecule has 2 aliphatic rings. The maximum atomic E-state index is 12.1. The Bertz CT molecular complexity index is 739. The standard InChI is InChI=1S/C16H22N6O2/c1-12-7-15(24-18-12)11-20-4-3-13(9-20)22-10-14(8-17-22)21-6-5-19(2)16(21)23/h7-8,10,13H,3-6,9,11H2,1-2H3. The first-order chi connectivity index (χ1) is 11.6. The van der Waals surface area contributed by atoms with Crippen molar-refractivity contribution >= 4 is 11.7 Å². The summed E-state index contributed by atoms with van der Waals surface area (Å²) in [7, 11) is 1.83. The fraction of sp³-hybridized carbons (Fsp3) is 0.562. The van der Waals surface area contributed by atoms with Gasteiger partial charge >= 0.3 is 6.03 Å². The summed E-state index contributed by atoms with van der Waals surface area (Å²) in [6.45, 7) is 6.13. The molecule has 0 bridgehead atoms. The molecule has 0 N–H and O–H groups in total. The molecular formula is C16H22N6O2. The lowest BCUT2D eigenvalue weighted by molar-refractivity contribution is 0.229. The normalized spacial score (nSPS) is 22.1. The Balaban J connectivity index is 1.40. The SMILES string of the molecule is Cc1cc(CN2CCC(n3cc(N4CCN(C)C4=O)cn3)C2)on1. The number of aryl methyl sites for hydroxylation is 1. The Morgan fingerprint density at radius 1 is 1.33 bits per heavy atom. The molecule has 8 heteroatoms. The van der Waals surface area contributed by atoms with Gasteiger partial charge < -0.3 is 9.42 Å². The molecule has 2 aromatic rings. The summed E-state index contributed by atoms with van der Waals surface area (Å²) in [5.74, 6) is 0.903. The summed E-state index contributed by atoms with van der Waals surface area (Å²) in [5.41, 5.74) is 1.80. The molecule has 128 valence electrons. The van der Waals surface area contributed by atoms with Gasteiger partial charge in [0.25, 0.3) is 0 Å². The monoisotopic (exact) mass is 330 g/mol. The van der Waals surface area contributed by atoms with Crippen LogP contribution in [0.4, 0.5) is 10.5 Å². The molecule has 2 aliphatic heterocycles. The number of aromatic nitrogens is 3. The molecule has 0 saturated carbocycles. The number of hydrogen-bond acceptors (Lipinski definition) is 5. The molecule has 0 aromatic carbocycles. The molecule has 1 unspecified atom stereocenters. The van der Waals surface area contributed by atoms with Gasteiger partial charge in [-0.05, 0) is 13.3 Å². The third kappa shape index (κ3) is 2.77. The molecule has 4 rings (SSSR count). The first-order valence-electron chi connectivity index (χ1n) is 8.31. The van der Waals surface area contributed by atoms with Crippen LogP contribution in [0.3, 0.4) is 0 Å². The number of carbonyl (C=O) groups excluding carboxylic acids is 1. The maximum Gasteiger partial charge on any atom is 0.324 e. The summed E-state index contributed by atoms with van der Waals surface area (Å²) in [5, 5.41) is 8.43. The molecule has 2 fully saturated rings. The van der Waals surface area contributed by atoms with E-state index >= 15 is 0 Å². The Hall–Kier alpha value is -2.35. The van der Waals surface area contributed by atoms with Gasteiger partial charge in [-0.15, -0.1) is 0 Å². The van der Waals surface area contributed by atoms with Gasteiger partial charge in [0.15, 0.2) is 5.76 Å². The van der Waals surface area contributed by atoms with Crippen molar-refractivity contribution in [1.82, 2.24) is 24.7 Å². The average Bonchev–Trinajstić information content (AvgIpc) is 3.31. The van der Waals surface area contributed by atoms with Crippen molar-refractivity contribution in [1.29, 1.82) is 0 Å². The van der Waals surface area contributed by atoms with Gasteiger partial charge in [0.05, 0.1) is 30.2 Å². The third-order valence-corrected chi connectivity index (χ3v) is 4.79. The minimum atomic E-state index is 0.0447. The van der Waals surface area contributed by atoms with E-state index in [9.17, 15) is 4.79 Å². The number of urea groups is 1. The number of nitrogens with zero attached hydrogens (tertiary/aromatic N) is 6. The second kappa shape index (κ2) is 5.94. The third-order valence-electron chi connectivity index (χ3n) is 4.79. The fourth-order valence-electron chi connectivity index (χ4n) is 3.44. The second-order valence-corrected chi connectivity index (χ2v) is 6.65. The molecule has 0 radical (unpaired) electrons. The van der Waals surface area contributed by atoms with Crippen molar-refractivity contribution in [3.8, 4) is 0 Å². The zero-order valence-electron chi connectivity index (χ0n) is 14.1. The van der Waals surface area contributed by atoms with Crippen LogP contribution in [0.25, 0.3) is 0 Å². The van der Waals surface area contributed by atoms with Crippen molar-refractivity contribution in [3.05, 3.63) is 29.9 Å². The zero-order chi connectivity index (χ0) is 16.7. The van der Waals surface area contributed by atoms with E-state index < -0.39 is 0 Å². The summed E-state index contributed by atoms with van der Waals surface area (Å²) < 4.78 is 7.29. The van der Waals surface area contributed by atoms with E-state index in [2.05, 4.69) is 15.2 Å². The van der Waals surface area contributed by atoms with E-state index in [0.717, 1.165) is 56.3 Å². The second-order valence-electron chi connectivity index (χ2n) is 6.65. The number of rotatable bonds is 4. The number of likely N-dealkylation sites (N-methyl/N-ethyl adjacent to an activating group) is 1. The van der Waals surface area contributed by atoms with Crippen molar-refractivity contribution in [2.75, 3.05) is 38.1 Å². The van der Waals surface area contributed by atoms with Crippen LogP contribution in [0.2, 0.25) is 0 Å². The van der Waals surface area contributed by atoms with Gasteiger partial charge in [0, 0.05) is 45.5 Å². The fourth-order valence-corrected chi connectivity index (χ4v) is 3.44. The van der Waals surface area contributed by atoms with Crippen LogP contribution in [0.15, 0.2) is 23.0 Å². The topological polar surface area (TPSA) is 70.6 Å². The van der Waals surface area contributed by atoms with Gasteiger partial charge in [-0.25, -0.2) is 4.79 Å². The summed E-state index contributed by atoms with van der Waals surface area (Å²) in [6.07, 6.45) is 4.82. The van der Waals surface area contributed by atoms with Crippen LogP contribution in [-0.4, -0.2) is 64.0 Å². The van der Waals surface area contributed by atoms with Crippen LogP contribution in [0.1, 0.15) is 23.9 Å². The predicted octanol–water partition coefficient (Wildman–Crippen LogP) is 1.50. The van der Waals surface area contributed by atoms with Crippen molar-refractivity contribution in [2.24, 2.45) is 0 Å². The Morgan fingerprint density at radius 2 is 2.21 bits per heavy atom. The van der Waals surface area contributed by atoms with E-state index in [1.807, 2.05) is 30.9 Å². The first-order valence-corrected chi connectivity index (χ1v) is 8.31. The van der Waals surface area contributed by atoms with Crippen LogP contribution in [-0.2, 0) is 6.54 Å². The quantitative estimate of drug-likeness (QED) is 0.849. The van der Waals surface area contributed by atoms with Crippen LogP contribution >= 0.6 is 0 Å². The van der Waals surface area contributed by atoms with Gasteiger partial charge in [-0.3, -0.25) is 14.5 Å². The summed E-state index contributed by atoms with van der Waals surface area (Å²) >= 11 is 0. The number of hydrogen-bond donors (Lipinski definition) is 0. The van der Waals surface area contributed by atoms with Crippen LogP contribution < -0.4 is 4.90 Å². The predicted molar refractivity (Wildman–Crippen MR) is 87.8 cm³/mol. The van der Waals surface area contributed by atoms with Crippen molar-refractivity contribution < 1.29 is 9.32 Å². The number of amides is 2. The Kier molecular flexibility index (Phi) is 3.76. The first kappa shape index (κ1) is 15.2. The highest BCUT2D eigenvalue weighted by Crippen LogP contribution is 2.26. The number of likely N-dealkylation sites (tertiary alicyclic amines) is 1. The van der Waals surface area contributed by atoms with E-state index in [1.54, 1.807) is 16.0 Å². The molecule has 8 nitrogen and oxygen atoms in total. The molecule has 0 aliphatic carbocycles. The smallest absolute Gasteiger partial charge is 0.324 e. The molecule has 1 atom stereocenters. The molecule has 2 aromatic heterocycles. The van der Waals surface area contributed by atoms with E-state index in [4.69, 9.17) is 4.52 Å². The molecule has 2 saturated heterocycles. The molecule has 0 spiro atoms. The molecular weight excluding hydrogens is 308 g/mol. The number of carbonyl (C=O) groups is 1. The van der Waals surface area contributed by atoms with E-state index in [0.29, 0.717) is 6.04 Å². The van der Waals surface area contributed by atoms with Crippen molar-refractivity contribution in [3.63, 3.8) is 0 Å². The van der Waals surface area contributed by atoms with Crippen LogP contribution in [0, 0.1) is 6.92 Å². The van der Waals surface area contributed by atoms with E-state index in [1.165, 1.54) is 0 Å². The molecule has 2 amide bonds. The van der Waals surface area contributed by atoms with Crippen LogP contribution in [0.5, 0.6) is 0 Å². The van der Waals surface area contributed by atoms with Gasteiger partial charge in [-0.1, -0.05) is 5.16 Å². The summed E-state index contributed by atoms with van der Waals surface area (Å²) in [6, 6.07) is 2.36. The highest BCUT2D eigenvalue weighted by Gasteiger charge is 2.29. The number of anilines is 1. The highest BCUT2D eigenvalue weighted by atomic mass is 16.5. The van der Waals surface area contributed by atoms with E-state index in [-0.39, 0.29) is 6.03 Å². The van der Waals surface area contributed by atoms with Crippen molar-refractivity contribution in [2.45, 2.75) is 25.9 Å². The minimum absolute atomic E-state index is 0.0447.